The van der Waals surface area contributed by atoms with Crippen LogP contribution in [0.15, 0.2) is 237 Å². The predicted octanol–water partition coefficient (Wildman–Crippen LogP) is 16.2. The van der Waals surface area contributed by atoms with Crippen molar-refractivity contribution in [1.29, 1.82) is 0 Å². The first-order chi connectivity index (χ1) is 31.7. The summed E-state index contributed by atoms with van der Waals surface area (Å²) < 4.78 is 0. The third-order valence-electron chi connectivity index (χ3n) is 12.5. The lowest BCUT2D eigenvalue weighted by molar-refractivity contribution is 1.08. The van der Waals surface area contributed by atoms with E-state index in [1.54, 1.807) is 0 Å². The van der Waals surface area contributed by atoms with Gasteiger partial charge in [0.25, 0.3) is 0 Å². The van der Waals surface area contributed by atoms with Gasteiger partial charge in [-0.2, -0.15) is 0 Å². The van der Waals surface area contributed by atoms with Gasteiger partial charge in [0.15, 0.2) is 17.5 Å². The van der Waals surface area contributed by atoms with Gasteiger partial charge in [-0.3, -0.25) is 0 Å². The molecule has 0 aliphatic rings. The van der Waals surface area contributed by atoms with Crippen LogP contribution >= 0.6 is 0 Å². The lowest BCUT2D eigenvalue weighted by Crippen LogP contribution is -2.02. The summed E-state index contributed by atoms with van der Waals surface area (Å²) in [6, 6.07) is 84.2. The van der Waals surface area contributed by atoms with E-state index in [4.69, 9.17) is 15.0 Å². The summed E-state index contributed by atoms with van der Waals surface area (Å²) in [7, 11) is 0. The fourth-order valence-electron chi connectivity index (χ4n) is 9.52. The van der Waals surface area contributed by atoms with Crippen LogP contribution in [-0.4, -0.2) is 15.0 Å². The van der Waals surface area contributed by atoms with Gasteiger partial charge >= 0.3 is 0 Å². The van der Waals surface area contributed by atoms with Gasteiger partial charge in [-0.15, -0.1) is 0 Å². The zero-order valence-corrected chi connectivity index (χ0v) is 34.9. The summed E-state index contributed by atoms with van der Waals surface area (Å²) in [6.07, 6.45) is 0. The largest absolute Gasteiger partial charge is 0.208 e. The summed E-state index contributed by atoms with van der Waals surface area (Å²) in [5.41, 5.74) is 12.1. The van der Waals surface area contributed by atoms with E-state index in [0.717, 1.165) is 49.7 Å². The second-order valence-electron chi connectivity index (χ2n) is 16.3. The Bertz CT molecular complexity index is 3650. The molecule has 0 fully saturated rings. The Morgan fingerprint density at radius 1 is 0.203 bits per heavy atom. The molecule has 12 rings (SSSR count). The van der Waals surface area contributed by atoms with Crippen LogP contribution < -0.4 is 0 Å². The van der Waals surface area contributed by atoms with Crippen LogP contribution in [0.2, 0.25) is 0 Å². The van der Waals surface area contributed by atoms with Gasteiger partial charge in [-0.1, -0.05) is 224 Å². The van der Waals surface area contributed by atoms with Crippen molar-refractivity contribution in [2.45, 2.75) is 0 Å². The third kappa shape index (κ3) is 6.50. The molecule has 1 aromatic heterocycles. The second kappa shape index (κ2) is 15.7. The normalized spacial score (nSPS) is 11.4. The molecule has 12 aromatic rings. The maximum Gasteiger partial charge on any atom is 0.164 e. The Balaban J connectivity index is 1.07. The minimum Gasteiger partial charge on any atom is -0.208 e. The number of nitrogens with zero attached hydrogens (tertiary/aromatic N) is 3. The lowest BCUT2D eigenvalue weighted by Gasteiger charge is -2.20. The zero-order chi connectivity index (χ0) is 42.4. The number of aromatic nitrogens is 3. The average molecular weight is 814 g/mol. The molecular weight excluding hydrogens is 775 g/mol. The number of fused-ring (bicyclic) bond motifs is 4. The molecule has 298 valence electrons. The van der Waals surface area contributed by atoms with E-state index in [9.17, 15) is 0 Å². The van der Waals surface area contributed by atoms with Crippen molar-refractivity contribution in [2.24, 2.45) is 0 Å². The van der Waals surface area contributed by atoms with E-state index in [1.807, 2.05) is 12.1 Å². The molecule has 0 N–H and O–H groups in total. The molecule has 0 amide bonds. The molecule has 0 spiro atoms. The molecule has 0 saturated heterocycles. The summed E-state index contributed by atoms with van der Waals surface area (Å²) in [5, 5.41) is 9.55. The lowest BCUT2D eigenvalue weighted by atomic mass is 9.84. The minimum absolute atomic E-state index is 0.622. The maximum absolute atomic E-state index is 5.35. The standard InChI is InChI=1S/C61H39N3/c1-3-17-40(18-4-1)42-31-34-44(35-32-42)59-62-60(55-30-16-9-23-47(55)43-20-5-2-6-21-43)64-61(63-59)56-38-37-54(48-24-10-11-25-49(48)56)58-52-28-14-12-26-50(52)57(51-27-13-15-29-53(51)58)46-36-33-41-19-7-8-22-45(41)39-46/h1-39H. The fourth-order valence-corrected chi connectivity index (χ4v) is 9.52. The van der Waals surface area contributed by atoms with Crippen LogP contribution in [0.1, 0.15) is 0 Å². The Labute approximate surface area is 371 Å². The van der Waals surface area contributed by atoms with E-state index < -0.39 is 0 Å². The molecule has 64 heavy (non-hydrogen) atoms. The molecule has 11 aromatic carbocycles. The highest BCUT2D eigenvalue weighted by atomic mass is 15.0. The van der Waals surface area contributed by atoms with E-state index in [-0.39, 0.29) is 0 Å². The Hall–Kier alpha value is -8.53. The number of rotatable bonds is 7. The third-order valence-corrected chi connectivity index (χ3v) is 12.5. The highest BCUT2D eigenvalue weighted by Gasteiger charge is 2.21. The number of benzene rings is 11. The Kier molecular flexibility index (Phi) is 9.16. The van der Waals surface area contributed by atoms with Crippen LogP contribution in [0.25, 0.3) is 122 Å². The molecule has 0 aliphatic carbocycles. The van der Waals surface area contributed by atoms with E-state index >= 15 is 0 Å². The van der Waals surface area contributed by atoms with Crippen molar-refractivity contribution in [3.63, 3.8) is 0 Å². The van der Waals surface area contributed by atoms with E-state index in [2.05, 4.69) is 224 Å². The van der Waals surface area contributed by atoms with Crippen LogP contribution in [-0.2, 0) is 0 Å². The van der Waals surface area contributed by atoms with Crippen molar-refractivity contribution >= 4 is 43.1 Å². The van der Waals surface area contributed by atoms with Crippen LogP contribution in [0.5, 0.6) is 0 Å². The minimum atomic E-state index is 0.622. The highest BCUT2D eigenvalue weighted by Crippen LogP contribution is 2.47. The average Bonchev–Trinajstić information content (AvgIpc) is 3.38. The van der Waals surface area contributed by atoms with Gasteiger partial charge in [0, 0.05) is 16.7 Å². The highest BCUT2D eigenvalue weighted by molar-refractivity contribution is 6.24. The summed E-state index contributed by atoms with van der Waals surface area (Å²) in [5.74, 6) is 1.87. The van der Waals surface area contributed by atoms with E-state index in [0.29, 0.717) is 17.5 Å². The molecule has 0 bridgehead atoms. The quantitative estimate of drug-likeness (QED) is 0.150. The van der Waals surface area contributed by atoms with Crippen molar-refractivity contribution in [3.05, 3.63) is 237 Å². The molecule has 0 saturated carbocycles. The summed E-state index contributed by atoms with van der Waals surface area (Å²) >= 11 is 0. The van der Waals surface area contributed by atoms with Crippen LogP contribution in [0.4, 0.5) is 0 Å². The molecular formula is C61H39N3. The van der Waals surface area contributed by atoms with E-state index in [1.165, 1.54) is 54.6 Å². The van der Waals surface area contributed by atoms with Gasteiger partial charge < -0.3 is 0 Å². The first-order valence-electron chi connectivity index (χ1n) is 21.8. The first-order valence-corrected chi connectivity index (χ1v) is 21.8. The number of hydrogen-bond donors (Lipinski definition) is 0. The summed E-state index contributed by atoms with van der Waals surface area (Å²) in [4.78, 5) is 15.9. The molecule has 3 heteroatoms. The van der Waals surface area contributed by atoms with Crippen LogP contribution in [0, 0.1) is 0 Å². The van der Waals surface area contributed by atoms with Crippen molar-refractivity contribution < 1.29 is 0 Å². The van der Waals surface area contributed by atoms with Gasteiger partial charge in [0.1, 0.15) is 0 Å². The molecule has 0 aliphatic heterocycles. The number of hydrogen-bond acceptors (Lipinski definition) is 3. The monoisotopic (exact) mass is 813 g/mol. The van der Waals surface area contributed by atoms with Gasteiger partial charge in [-0.25, -0.2) is 15.0 Å². The van der Waals surface area contributed by atoms with Gasteiger partial charge in [0.2, 0.25) is 0 Å². The van der Waals surface area contributed by atoms with Gasteiger partial charge in [-0.05, 0) is 99.7 Å². The van der Waals surface area contributed by atoms with Crippen molar-refractivity contribution in [2.75, 3.05) is 0 Å². The predicted molar refractivity (Wildman–Crippen MR) is 268 cm³/mol. The zero-order valence-electron chi connectivity index (χ0n) is 34.9. The SMILES string of the molecule is c1ccc(-c2ccc(-c3nc(-c4ccccc4-c4ccccc4)nc(-c4ccc(-c5c6ccccc6c(-c6ccc7ccccc7c6)c6ccccc56)c5ccccc45)n3)cc2)cc1. The first kappa shape index (κ1) is 37.2. The van der Waals surface area contributed by atoms with Gasteiger partial charge in [0.05, 0.1) is 0 Å². The molecule has 0 atom stereocenters. The topological polar surface area (TPSA) is 38.7 Å². The molecule has 0 unspecified atom stereocenters. The maximum atomic E-state index is 5.35. The molecule has 1 heterocycles. The van der Waals surface area contributed by atoms with Crippen molar-refractivity contribution in [3.8, 4) is 78.7 Å². The summed E-state index contributed by atoms with van der Waals surface area (Å²) in [6.45, 7) is 0. The molecule has 3 nitrogen and oxygen atoms in total. The molecule has 0 radical (unpaired) electrons. The smallest absolute Gasteiger partial charge is 0.164 e. The Morgan fingerprint density at radius 2 is 0.625 bits per heavy atom. The second-order valence-corrected chi connectivity index (χ2v) is 16.3. The van der Waals surface area contributed by atoms with Crippen molar-refractivity contribution in [1.82, 2.24) is 15.0 Å². The fraction of sp³-hybridized carbons (Fsp3) is 0. The Morgan fingerprint density at radius 3 is 1.28 bits per heavy atom. The van der Waals surface area contributed by atoms with Crippen LogP contribution in [0.3, 0.4) is 0 Å².